The van der Waals surface area contributed by atoms with Gasteiger partial charge in [-0.05, 0) is 78.8 Å². The Kier molecular flexibility index (Phi) is 8.71. The molecule has 1 unspecified atom stereocenters. The average Bonchev–Trinajstić information content (AvgIpc) is 3.60. The normalized spacial score (nSPS) is 19.5. The molecule has 0 saturated carbocycles. The molecule has 1 saturated heterocycles. The lowest BCUT2D eigenvalue weighted by molar-refractivity contribution is -0.136. The zero-order valence-corrected chi connectivity index (χ0v) is 27.5. The molecule has 0 radical (unpaired) electrons. The Morgan fingerprint density at radius 1 is 0.979 bits per heavy atom. The Labute approximate surface area is 283 Å². The van der Waals surface area contributed by atoms with Crippen LogP contribution in [0.2, 0.25) is 5.02 Å². The Balaban J connectivity index is 1.21. The number of piperidine rings is 1. The Morgan fingerprint density at radius 3 is 2.54 bits per heavy atom. The Bertz CT molecular complexity index is 1810. The number of hydrogen-bond donors (Lipinski definition) is 3. The first-order valence-corrected chi connectivity index (χ1v) is 16.5. The van der Waals surface area contributed by atoms with Crippen molar-refractivity contribution in [2.75, 3.05) is 53.9 Å². The summed E-state index contributed by atoms with van der Waals surface area (Å²) in [5.41, 5.74) is 11.2. The van der Waals surface area contributed by atoms with E-state index in [2.05, 4.69) is 27.2 Å². The van der Waals surface area contributed by atoms with Crippen molar-refractivity contribution in [3.63, 3.8) is 0 Å². The van der Waals surface area contributed by atoms with E-state index in [4.69, 9.17) is 16.3 Å². The molecule has 48 heavy (non-hydrogen) atoms. The second kappa shape index (κ2) is 13.1. The summed E-state index contributed by atoms with van der Waals surface area (Å²) in [7, 11) is 3.49. The Morgan fingerprint density at radius 2 is 1.75 bits per heavy atom. The van der Waals surface area contributed by atoms with Gasteiger partial charge >= 0.3 is 0 Å². The molecule has 3 aromatic rings. The van der Waals surface area contributed by atoms with Crippen LogP contribution >= 0.6 is 11.6 Å². The van der Waals surface area contributed by atoms with Crippen molar-refractivity contribution in [2.45, 2.75) is 44.2 Å². The SMILES string of the molecule is COC1CCN(c2cccc3c2CCN(C(=O)C2=CN(c4cccc(Cl)c4F)NN2)C3C(=O)Nc2ccc3c(c2)CCC(=O)N3C)CC1. The molecule has 3 amide bonds. The van der Waals surface area contributed by atoms with E-state index >= 15 is 0 Å². The van der Waals surface area contributed by atoms with Crippen LogP contribution in [0.4, 0.5) is 27.1 Å². The lowest BCUT2D eigenvalue weighted by Crippen LogP contribution is -2.48. The molecule has 250 valence electrons. The molecule has 1 atom stereocenters. The van der Waals surface area contributed by atoms with E-state index in [0.717, 1.165) is 54.0 Å². The number of amides is 3. The standard InChI is InChI=1S/C35H37ClFN7O4/c1-41-28-11-10-22(19-21(28)9-12-31(41)45)38-34(46)33-25-5-3-7-29(42-16-13-23(48-2)14-17-42)24(25)15-18-43(33)35(47)27-20-44(40-39-27)30-8-4-6-26(36)32(30)37/h3-8,10-11,19-20,23,33,39-40H,9,12-18H2,1-2H3,(H,38,46). The van der Waals surface area contributed by atoms with Crippen LogP contribution in [0.3, 0.4) is 0 Å². The van der Waals surface area contributed by atoms with Gasteiger partial charge in [-0.2, -0.15) is 0 Å². The summed E-state index contributed by atoms with van der Waals surface area (Å²) in [4.78, 5) is 46.3. The highest BCUT2D eigenvalue weighted by atomic mass is 35.5. The van der Waals surface area contributed by atoms with E-state index in [1.807, 2.05) is 24.3 Å². The first-order chi connectivity index (χ1) is 23.2. The van der Waals surface area contributed by atoms with E-state index in [1.165, 1.54) is 23.3 Å². The minimum absolute atomic E-state index is 0.0467. The second-order valence-electron chi connectivity index (χ2n) is 12.4. The van der Waals surface area contributed by atoms with Gasteiger partial charge in [-0.1, -0.05) is 29.8 Å². The van der Waals surface area contributed by atoms with Crippen LogP contribution in [0.15, 0.2) is 66.5 Å². The van der Waals surface area contributed by atoms with Gasteiger partial charge in [-0.3, -0.25) is 24.8 Å². The average molecular weight is 674 g/mol. The van der Waals surface area contributed by atoms with Crippen LogP contribution in [-0.2, 0) is 32.0 Å². The molecule has 3 N–H and O–H groups in total. The van der Waals surface area contributed by atoms with E-state index < -0.39 is 17.8 Å². The molecule has 1 fully saturated rings. The number of nitrogens with one attached hydrogen (secondary N) is 3. The molecule has 4 aliphatic heterocycles. The van der Waals surface area contributed by atoms with E-state index in [9.17, 15) is 18.8 Å². The third-order valence-corrected chi connectivity index (χ3v) is 9.99. The minimum atomic E-state index is -0.947. The number of hydrazine groups is 2. The van der Waals surface area contributed by atoms with Crippen molar-refractivity contribution < 1.29 is 23.5 Å². The summed E-state index contributed by atoms with van der Waals surface area (Å²) >= 11 is 6.00. The first kappa shape index (κ1) is 31.9. The van der Waals surface area contributed by atoms with E-state index in [0.29, 0.717) is 24.9 Å². The van der Waals surface area contributed by atoms with Gasteiger partial charge < -0.3 is 24.8 Å². The molecule has 0 aliphatic carbocycles. The van der Waals surface area contributed by atoms with Crippen LogP contribution in [0, 0.1) is 5.82 Å². The Hall–Kier alpha value is -4.65. The lowest BCUT2D eigenvalue weighted by atomic mass is 9.89. The number of carbonyl (C=O) groups excluding carboxylic acids is 3. The van der Waals surface area contributed by atoms with Gasteiger partial charge in [-0.15, -0.1) is 5.53 Å². The van der Waals surface area contributed by atoms with Crippen LogP contribution in [-0.4, -0.2) is 62.5 Å². The molecule has 11 nitrogen and oxygen atoms in total. The summed E-state index contributed by atoms with van der Waals surface area (Å²) in [6.45, 7) is 1.95. The van der Waals surface area contributed by atoms with E-state index in [-0.39, 0.29) is 40.9 Å². The fourth-order valence-electron chi connectivity index (χ4n) is 7.11. The van der Waals surface area contributed by atoms with Crippen molar-refractivity contribution in [3.8, 4) is 0 Å². The van der Waals surface area contributed by atoms with Crippen molar-refractivity contribution in [3.05, 3.63) is 94.0 Å². The highest BCUT2D eigenvalue weighted by Crippen LogP contribution is 2.39. The van der Waals surface area contributed by atoms with Crippen molar-refractivity contribution in [1.82, 2.24) is 15.9 Å². The number of rotatable bonds is 6. The summed E-state index contributed by atoms with van der Waals surface area (Å²) in [5.74, 6) is -1.36. The van der Waals surface area contributed by atoms with Crippen LogP contribution in [0.5, 0.6) is 0 Å². The largest absolute Gasteiger partial charge is 0.381 e. The molecule has 0 spiro atoms. The molecule has 13 heteroatoms. The zero-order chi connectivity index (χ0) is 33.5. The van der Waals surface area contributed by atoms with Crippen molar-refractivity contribution in [2.24, 2.45) is 0 Å². The summed E-state index contributed by atoms with van der Waals surface area (Å²) < 4.78 is 20.4. The van der Waals surface area contributed by atoms with Gasteiger partial charge in [-0.25, -0.2) is 4.39 Å². The number of anilines is 4. The highest BCUT2D eigenvalue weighted by Gasteiger charge is 2.40. The number of ether oxygens (including phenoxy) is 1. The van der Waals surface area contributed by atoms with Crippen LogP contribution in [0.25, 0.3) is 0 Å². The van der Waals surface area contributed by atoms with Gasteiger partial charge in [0.05, 0.1) is 23.0 Å². The lowest BCUT2D eigenvalue weighted by Gasteiger charge is -2.40. The fraction of sp³-hybridized carbons (Fsp3) is 0.343. The fourth-order valence-corrected chi connectivity index (χ4v) is 7.28. The highest BCUT2D eigenvalue weighted by molar-refractivity contribution is 6.31. The predicted molar refractivity (Wildman–Crippen MR) is 182 cm³/mol. The molecule has 7 rings (SSSR count). The summed E-state index contributed by atoms with van der Waals surface area (Å²) in [5, 5.41) is 4.37. The zero-order valence-electron chi connectivity index (χ0n) is 26.8. The monoisotopic (exact) mass is 673 g/mol. The molecule has 4 heterocycles. The third-order valence-electron chi connectivity index (χ3n) is 9.70. The predicted octanol–water partition coefficient (Wildman–Crippen LogP) is 4.44. The van der Waals surface area contributed by atoms with E-state index in [1.54, 1.807) is 36.1 Å². The molecule has 3 aromatic carbocycles. The first-order valence-electron chi connectivity index (χ1n) is 16.1. The number of fused-ring (bicyclic) bond motifs is 2. The van der Waals surface area contributed by atoms with Gasteiger partial charge in [0.15, 0.2) is 5.82 Å². The quantitative estimate of drug-likeness (QED) is 0.353. The second-order valence-corrected chi connectivity index (χ2v) is 12.8. The molecular formula is C35H37ClFN7O4. The maximum Gasteiger partial charge on any atom is 0.273 e. The number of halogens is 2. The molecule has 0 bridgehead atoms. The van der Waals surface area contributed by atoms with Crippen LogP contribution < -0.4 is 31.1 Å². The number of nitrogens with zero attached hydrogens (tertiary/aromatic N) is 4. The van der Waals surface area contributed by atoms with Crippen molar-refractivity contribution >= 4 is 52.1 Å². The van der Waals surface area contributed by atoms with Gasteiger partial charge in [0, 0.05) is 57.3 Å². The summed E-state index contributed by atoms with van der Waals surface area (Å²) in [6.07, 6.45) is 5.03. The smallest absolute Gasteiger partial charge is 0.273 e. The van der Waals surface area contributed by atoms with Crippen LogP contribution in [0.1, 0.15) is 42.0 Å². The van der Waals surface area contributed by atoms with Gasteiger partial charge in [0.1, 0.15) is 11.7 Å². The number of benzene rings is 3. The number of aryl methyl sites for hydroxylation is 1. The van der Waals surface area contributed by atoms with Crippen molar-refractivity contribution in [1.29, 1.82) is 0 Å². The third kappa shape index (κ3) is 5.84. The maximum atomic E-state index is 14.8. The number of carbonyl (C=O) groups is 3. The van der Waals surface area contributed by atoms with Gasteiger partial charge in [0.2, 0.25) is 5.91 Å². The summed E-state index contributed by atoms with van der Waals surface area (Å²) in [6, 6.07) is 15.1. The molecule has 0 aromatic heterocycles. The topological polar surface area (TPSA) is 109 Å². The number of hydrogen-bond acceptors (Lipinski definition) is 8. The number of methoxy groups -OCH3 is 1. The van der Waals surface area contributed by atoms with Gasteiger partial charge in [0.25, 0.3) is 11.8 Å². The minimum Gasteiger partial charge on any atom is -0.381 e. The molecular weight excluding hydrogens is 637 g/mol. The maximum absolute atomic E-state index is 14.8. The molecule has 4 aliphatic rings.